The second kappa shape index (κ2) is 9.33. The number of unbranched alkanes of at least 4 members (excludes halogenated alkanes) is 1. The third-order valence-electron chi connectivity index (χ3n) is 3.19. The Labute approximate surface area is 141 Å². The van der Waals surface area contributed by atoms with Crippen LogP contribution in [-0.2, 0) is 14.6 Å². The van der Waals surface area contributed by atoms with Gasteiger partial charge in [0.15, 0.2) is 9.84 Å². The highest BCUT2D eigenvalue weighted by Gasteiger charge is 2.18. The van der Waals surface area contributed by atoms with Crippen LogP contribution in [0.2, 0.25) is 0 Å². The molecular formula is C15H22N2O6S. The SMILES string of the molecule is CCCCOCCCNC(=O)c1cc([N+](=O)[O-])cc(S(C)(=O)=O)c1. The van der Waals surface area contributed by atoms with Crippen molar-refractivity contribution in [3.05, 3.63) is 33.9 Å². The number of carbonyl (C=O) groups excluding carboxylic acids is 1. The molecule has 134 valence electrons. The van der Waals surface area contributed by atoms with E-state index in [1.54, 1.807) is 0 Å². The van der Waals surface area contributed by atoms with Crippen LogP contribution in [0.4, 0.5) is 5.69 Å². The van der Waals surface area contributed by atoms with E-state index in [0.29, 0.717) is 26.2 Å². The quantitative estimate of drug-likeness (QED) is 0.388. The third kappa shape index (κ3) is 6.63. The van der Waals surface area contributed by atoms with Gasteiger partial charge in [-0.2, -0.15) is 0 Å². The molecule has 0 aliphatic rings. The van der Waals surface area contributed by atoms with Gasteiger partial charge in [0.25, 0.3) is 11.6 Å². The summed E-state index contributed by atoms with van der Waals surface area (Å²) in [5, 5.41) is 13.5. The number of carbonyl (C=O) groups is 1. The Morgan fingerprint density at radius 2 is 1.92 bits per heavy atom. The Balaban J connectivity index is 2.69. The van der Waals surface area contributed by atoms with Gasteiger partial charge in [-0.1, -0.05) is 13.3 Å². The zero-order valence-corrected chi connectivity index (χ0v) is 14.6. The third-order valence-corrected chi connectivity index (χ3v) is 4.28. The Bertz CT molecular complexity index is 687. The number of rotatable bonds is 10. The second-order valence-corrected chi connectivity index (χ2v) is 7.34. The van der Waals surface area contributed by atoms with Crippen LogP contribution >= 0.6 is 0 Å². The van der Waals surface area contributed by atoms with Gasteiger partial charge >= 0.3 is 0 Å². The smallest absolute Gasteiger partial charge is 0.271 e. The number of sulfone groups is 1. The molecule has 9 heteroatoms. The zero-order chi connectivity index (χ0) is 18.2. The number of nitrogens with zero attached hydrogens (tertiary/aromatic N) is 1. The molecule has 0 aromatic heterocycles. The van der Waals surface area contributed by atoms with Crippen LogP contribution in [-0.4, -0.2) is 45.3 Å². The number of ether oxygens (including phenoxy) is 1. The van der Waals surface area contributed by atoms with Crippen molar-refractivity contribution in [2.24, 2.45) is 0 Å². The van der Waals surface area contributed by atoms with Crippen LogP contribution < -0.4 is 5.32 Å². The van der Waals surface area contributed by atoms with Crippen molar-refractivity contribution < 1.29 is 22.9 Å². The minimum absolute atomic E-state index is 0.0588. The van der Waals surface area contributed by atoms with Crippen LogP contribution in [0.15, 0.2) is 23.1 Å². The predicted octanol–water partition coefficient (Wildman–Crippen LogP) is 1.93. The van der Waals surface area contributed by atoms with Crippen molar-refractivity contribution in [3.8, 4) is 0 Å². The largest absolute Gasteiger partial charge is 0.381 e. The topological polar surface area (TPSA) is 116 Å². The molecule has 1 amide bonds. The first-order valence-electron chi connectivity index (χ1n) is 7.61. The monoisotopic (exact) mass is 358 g/mol. The molecule has 24 heavy (non-hydrogen) atoms. The van der Waals surface area contributed by atoms with Crippen LogP contribution in [0.3, 0.4) is 0 Å². The molecule has 0 saturated heterocycles. The van der Waals surface area contributed by atoms with E-state index in [0.717, 1.165) is 37.3 Å². The molecule has 0 fully saturated rings. The van der Waals surface area contributed by atoms with Gasteiger partial charge in [0, 0.05) is 43.7 Å². The van der Waals surface area contributed by atoms with Crippen molar-refractivity contribution in [2.75, 3.05) is 26.0 Å². The highest BCUT2D eigenvalue weighted by molar-refractivity contribution is 7.90. The van der Waals surface area contributed by atoms with Crippen LogP contribution in [0.1, 0.15) is 36.5 Å². The molecule has 0 radical (unpaired) electrons. The molecule has 0 atom stereocenters. The van der Waals surface area contributed by atoms with E-state index < -0.39 is 26.4 Å². The number of nitrogens with one attached hydrogen (secondary N) is 1. The maximum atomic E-state index is 12.1. The van der Waals surface area contributed by atoms with Gasteiger partial charge in [0.1, 0.15) is 0 Å². The normalized spacial score (nSPS) is 11.2. The number of nitro benzene ring substituents is 1. The summed E-state index contributed by atoms with van der Waals surface area (Å²) in [5.41, 5.74) is -0.498. The maximum Gasteiger partial charge on any atom is 0.271 e. The molecule has 0 saturated carbocycles. The summed E-state index contributed by atoms with van der Waals surface area (Å²) in [7, 11) is -3.66. The summed E-state index contributed by atoms with van der Waals surface area (Å²) in [6.07, 6.45) is 3.56. The minimum Gasteiger partial charge on any atom is -0.381 e. The molecule has 0 aliphatic carbocycles. The first kappa shape index (κ1) is 20.0. The standard InChI is InChI=1S/C15H22N2O6S/c1-3-4-7-23-8-5-6-16-15(18)12-9-13(17(19)20)11-14(10-12)24(2,21)22/h9-11H,3-8H2,1-2H3,(H,16,18). The average Bonchev–Trinajstić information content (AvgIpc) is 2.52. The lowest BCUT2D eigenvalue weighted by Gasteiger charge is -2.07. The lowest BCUT2D eigenvalue weighted by atomic mass is 10.2. The summed E-state index contributed by atoms with van der Waals surface area (Å²) < 4.78 is 28.6. The van der Waals surface area contributed by atoms with Crippen molar-refractivity contribution in [1.82, 2.24) is 5.32 Å². The van der Waals surface area contributed by atoms with Gasteiger partial charge in [-0.05, 0) is 18.9 Å². The molecule has 0 unspecified atom stereocenters. The molecular weight excluding hydrogens is 336 g/mol. The van der Waals surface area contributed by atoms with E-state index in [-0.39, 0.29) is 10.5 Å². The molecule has 1 N–H and O–H groups in total. The van der Waals surface area contributed by atoms with Crippen molar-refractivity contribution in [3.63, 3.8) is 0 Å². The minimum atomic E-state index is -3.66. The Kier molecular flexibility index (Phi) is 7.80. The van der Waals surface area contributed by atoms with Gasteiger partial charge in [-0.3, -0.25) is 14.9 Å². The molecule has 8 nitrogen and oxygen atoms in total. The molecule has 0 aliphatic heterocycles. The first-order chi connectivity index (χ1) is 11.3. The summed E-state index contributed by atoms with van der Waals surface area (Å²) in [6.45, 7) is 3.58. The van der Waals surface area contributed by atoms with E-state index in [1.165, 1.54) is 0 Å². The van der Waals surface area contributed by atoms with E-state index in [2.05, 4.69) is 12.2 Å². The van der Waals surface area contributed by atoms with Crippen molar-refractivity contribution >= 4 is 21.4 Å². The fourth-order valence-electron chi connectivity index (χ4n) is 1.86. The Morgan fingerprint density at radius 3 is 2.50 bits per heavy atom. The lowest BCUT2D eigenvalue weighted by Crippen LogP contribution is -2.25. The Hall–Kier alpha value is -2.00. The Morgan fingerprint density at radius 1 is 1.25 bits per heavy atom. The van der Waals surface area contributed by atoms with E-state index in [9.17, 15) is 23.3 Å². The molecule has 1 aromatic rings. The summed E-state index contributed by atoms with van der Waals surface area (Å²) in [4.78, 5) is 22.0. The van der Waals surface area contributed by atoms with E-state index >= 15 is 0 Å². The van der Waals surface area contributed by atoms with Gasteiger partial charge in [0.05, 0.1) is 9.82 Å². The molecule has 1 aromatic carbocycles. The fraction of sp³-hybridized carbons (Fsp3) is 0.533. The highest BCUT2D eigenvalue weighted by atomic mass is 32.2. The van der Waals surface area contributed by atoms with Crippen LogP contribution in [0.25, 0.3) is 0 Å². The number of non-ortho nitro benzene ring substituents is 1. The van der Waals surface area contributed by atoms with Crippen molar-refractivity contribution in [1.29, 1.82) is 0 Å². The van der Waals surface area contributed by atoms with E-state index in [1.807, 2.05) is 0 Å². The number of benzene rings is 1. The van der Waals surface area contributed by atoms with Crippen molar-refractivity contribution in [2.45, 2.75) is 31.1 Å². The number of hydrogen-bond donors (Lipinski definition) is 1. The summed E-state index contributed by atoms with van der Waals surface area (Å²) >= 11 is 0. The maximum absolute atomic E-state index is 12.1. The number of nitro groups is 1. The zero-order valence-electron chi connectivity index (χ0n) is 13.8. The fourth-order valence-corrected chi connectivity index (χ4v) is 2.54. The summed E-state index contributed by atoms with van der Waals surface area (Å²) in [5.74, 6) is -0.558. The van der Waals surface area contributed by atoms with Gasteiger partial charge in [-0.15, -0.1) is 0 Å². The highest BCUT2D eigenvalue weighted by Crippen LogP contribution is 2.20. The van der Waals surface area contributed by atoms with Gasteiger partial charge in [-0.25, -0.2) is 8.42 Å². The molecule has 0 spiro atoms. The lowest BCUT2D eigenvalue weighted by molar-refractivity contribution is -0.385. The second-order valence-electron chi connectivity index (χ2n) is 5.32. The number of amides is 1. The summed E-state index contributed by atoms with van der Waals surface area (Å²) in [6, 6.07) is 3.13. The number of hydrogen-bond acceptors (Lipinski definition) is 6. The van der Waals surface area contributed by atoms with Gasteiger partial charge in [0.2, 0.25) is 0 Å². The molecule has 1 rings (SSSR count). The first-order valence-corrected chi connectivity index (χ1v) is 9.50. The average molecular weight is 358 g/mol. The van der Waals surface area contributed by atoms with Crippen LogP contribution in [0.5, 0.6) is 0 Å². The van der Waals surface area contributed by atoms with E-state index in [4.69, 9.17) is 4.74 Å². The predicted molar refractivity (Wildman–Crippen MR) is 88.9 cm³/mol. The molecule has 0 heterocycles. The molecule has 0 bridgehead atoms. The van der Waals surface area contributed by atoms with Gasteiger partial charge < -0.3 is 10.1 Å². The van der Waals surface area contributed by atoms with Crippen LogP contribution in [0, 0.1) is 10.1 Å².